The predicted molar refractivity (Wildman–Crippen MR) is 116 cm³/mol. The van der Waals surface area contributed by atoms with Crippen LogP contribution < -0.4 is 10.6 Å². The van der Waals surface area contributed by atoms with Gasteiger partial charge in [0, 0.05) is 43.0 Å². The van der Waals surface area contributed by atoms with Gasteiger partial charge in [-0.1, -0.05) is 11.6 Å². The van der Waals surface area contributed by atoms with Crippen molar-refractivity contribution < 1.29 is 9.18 Å². The van der Waals surface area contributed by atoms with Crippen molar-refractivity contribution >= 4 is 28.7 Å². The van der Waals surface area contributed by atoms with Gasteiger partial charge in [0.15, 0.2) is 5.65 Å². The number of aromatic nitrogens is 3. The third kappa shape index (κ3) is 3.68. The maximum atomic E-state index is 14.6. The largest absolute Gasteiger partial charge is 0.357 e. The molecule has 3 heterocycles. The molecule has 7 nitrogen and oxygen atoms in total. The monoisotopic (exact) mass is 406 g/mol. The molecule has 1 aliphatic heterocycles. The van der Waals surface area contributed by atoms with Crippen molar-refractivity contribution in [1.82, 2.24) is 19.9 Å². The normalized spacial score (nSPS) is 13.5. The van der Waals surface area contributed by atoms with E-state index in [1.165, 1.54) is 6.07 Å². The topological polar surface area (TPSA) is 83.0 Å². The Labute approximate surface area is 174 Å². The van der Waals surface area contributed by atoms with Crippen molar-refractivity contribution in [3.8, 4) is 11.1 Å². The Bertz CT molecular complexity index is 1190. The molecular weight excluding hydrogens is 383 g/mol. The number of nitrogens with one attached hydrogen (secondary N) is 2. The fraction of sp³-hybridized carbons (Fsp3) is 0.273. The van der Waals surface area contributed by atoms with Crippen molar-refractivity contribution in [2.24, 2.45) is 0 Å². The summed E-state index contributed by atoms with van der Waals surface area (Å²) in [5, 5.41) is 6.39. The van der Waals surface area contributed by atoms with Gasteiger partial charge in [0.05, 0.1) is 5.69 Å². The van der Waals surface area contributed by atoms with Gasteiger partial charge in [-0.15, -0.1) is 0 Å². The molecule has 2 aromatic heterocycles. The lowest BCUT2D eigenvalue weighted by Crippen LogP contribution is -2.33. The van der Waals surface area contributed by atoms with Gasteiger partial charge < -0.3 is 15.5 Å². The van der Waals surface area contributed by atoms with E-state index in [0.29, 0.717) is 24.7 Å². The number of urea groups is 1. The molecule has 0 aliphatic carbocycles. The highest BCUT2D eigenvalue weighted by Gasteiger charge is 2.20. The van der Waals surface area contributed by atoms with E-state index in [-0.39, 0.29) is 11.7 Å². The van der Waals surface area contributed by atoms with Crippen LogP contribution in [0.3, 0.4) is 0 Å². The number of pyridine rings is 1. The number of hydrogen-bond acceptors (Lipinski definition) is 5. The van der Waals surface area contributed by atoms with Crippen molar-refractivity contribution in [2.45, 2.75) is 20.8 Å². The second kappa shape index (κ2) is 7.70. The molecule has 1 aromatic carbocycles. The molecule has 0 spiro atoms. The zero-order valence-corrected chi connectivity index (χ0v) is 17.4. The third-order valence-corrected chi connectivity index (χ3v) is 5.22. The molecule has 0 saturated carbocycles. The smallest absolute Gasteiger partial charge is 0.322 e. The van der Waals surface area contributed by atoms with Gasteiger partial charge in [0.1, 0.15) is 5.82 Å². The maximum Gasteiger partial charge on any atom is 0.322 e. The van der Waals surface area contributed by atoms with Gasteiger partial charge in [0.2, 0.25) is 5.95 Å². The molecule has 8 heteroatoms. The average Bonchev–Trinajstić information content (AvgIpc) is 3.15. The Morgan fingerprint density at radius 1 is 1.13 bits per heavy atom. The van der Waals surface area contributed by atoms with E-state index in [0.717, 1.165) is 33.3 Å². The summed E-state index contributed by atoms with van der Waals surface area (Å²) in [4.78, 5) is 27.4. The second-order valence-corrected chi connectivity index (χ2v) is 7.49. The van der Waals surface area contributed by atoms with Crippen LogP contribution in [0.25, 0.3) is 22.2 Å². The van der Waals surface area contributed by atoms with E-state index in [2.05, 4.69) is 25.6 Å². The van der Waals surface area contributed by atoms with E-state index >= 15 is 0 Å². The van der Waals surface area contributed by atoms with Crippen LogP contribution in [0.4, 0.5) is 20.8 Å². The van der Waals surface area contributed by atoms with Crippen molar-refractivity contribution in [3.63, 3.8) is 0 Å². The molecule has 2 N–H and O–H groups in total. The number of amides is 2. The van der Waals surface area contributed by atoms with Crippen molar-refractivity contribution in [3.05, 3.63) is 53.1 Å². The Morgan fingerprint density at radius 2 is 1.93 bits per heavy atom. The number of carbonyl (C=O) groups is 1. The molecule has 0 saturated heterocycles. The van der Waals surface area contributed by atoms with Crippen LogP contribution in [0.2, 0.25) is 0 Å². The third-order valence-electron chi connectivity index (χ3n) is 5.22. The molecule has 4 rings (SSSR count). The van der Waals surface area contributed by atoms with Crippen molar-refractivity contribution in [1.29, 1.82) is 0 Å². The molecule has 0 unspecified atom stereocenters. The minimum atomic E-state index is -0.470. The SMILES string of the molecule is CNc1ncc2cc(-c3cc(NC(=O)N4CC=C(C)C4)c(F)cc3C)c(C)nc2n1. The van der Waals surface area contributed by atoms with Crippen LogP contribution in [-0.2, 0) is 0 Å². The molecular formula is C22H23FN6O. The number of rotatable bonds is 3. The molecule has 0 fully saturated rings. The summed E-state index contributed by atoms with van der Waals surface area (Å²) in [6.45, 7) is 6.77. The van der Waals surface area contributed by atoms with Crippen LogP contribution >= 0.6 is 0 Å². The summed E-state index contributed by atoms with van der Waals surface area (Å²) in [5.41, 5.74) is 5.00. The predicted octanol–water partition coefficient (Wildman–Crippen LogP) is 4.28. The first-order valence-electron chi connectivity index (χ1n) is 9.70. The van der Waals surface area contributed by atoms with Crippen molar-refractivity contribution in [2.75, 3.05) is 30.8 Å². The van der Waals surface area contributed by atoms with E-state index in [4.69, 9.17) is 0 Å². The molecule has 0 radical (unpaired) electrons. The average molecular weight is 406 g/mol. The number of fused-ring (bicyclic) bond motifs is 1. The summed E-state index contributed by atoms with van der Waals surface area (Å²) in [5.74, 6) is 0.0265. The number of halogens is 1. The minimum Gasteiger partial charge on any atom is -0.357 e. The number of nitrogens with zero attached hydrogens (tertiary/aromatic N) is 4. The van der Waals surface area contributed by atoms with Crippen LogP contribution in [0.15, 0.2) is 36.0 Å². The summed E-state index contributed by atoms with van der Waals surface area (Å²) in [6.07, 6.45) is 3.69. The molecule has 1 aliphatic rings. The van der Waals surface area contributed by atoms with Crippen LogP contribution in [0.1, 0.15) is 18.2 Å². The number of aryl methyl sites for hydroxylation is 2. The fourth-order valence-electron chi connectivity index (χ4n) is 3.55. The highest BCUT2D eigenvalue weighted by molar-refractivity contribution is 5.92. The molecule has 0 atom stereocenters. The lowest BCUT2D eigenvalue weighted by molar-refractivity contribution is 0.223. The number of carbonyl (C=O) groups excluding carboxylic acids is 1. The molecule has 30 heavy (non-hydrogen) atoms. The van der Waals surface area contributed by atoms with E-state index in [1.54, 1.807) is 24.2 Å². The summed E-state index contributed by atoms with van der Waals surface area (Å²) >= 11 is 0. The minimum absolute atomic E-state index is 0.145. The first-order chi connectivity index (χ1) is 14.4. The summed E-state index contributed by atoms with van der Waals surface area (Å²) in [6, 6.07) is 4.72. The zero-order chi connectivity index (χ0) is 21.4. The maximum absolute atomic E-state index is 14.6. The number of hydrogen-bond donors (Lipinski definition) is 2. The molecule has 2 amide bonds. The van der Waals surface area contributed by atoms with Gasteiger partial charge >= 0.3 is 6.03 Å². The Balaban J connectivity index is 1.71. The molecule has 154 valence electrons. The van der Waals surface area contributed by atoms with Gasteiger partial charge in [-0.2, -0.15) is 4.98 Å². The summed E-state index contributed by atoms with van der Waals surface area (Å²) < 4.78 is 14.6. The first-order valence-corrected chi connectivity index (χ1v) is 9.70. The van der Waals surface area contributed by atoms with E-state index < -0.39 is 5.82 Å². The highest BCUT2D eigenvalue weighted by Crippen LogP contribution is 2.32. The number of benzene rings is 1. The number of anilines is 2. The Hall–Kier alpha value is -3.55. The summed E-state index contributed by atoms with van der Waals surface area (Å²) in [7, 11) is 1.75. The van der Waals surface area contributed by atoms with Gasteiger partial charge in [-0.25, -0.2) is 19.2 Å². The standard InChI is InChI=1S/C22H23FN6O/c1-12-5-6-29(11-12)22(30)27-19-9-16(13(2)7-18(19)23)17-8-15-10-25-21(24-4)28-20(15)26-14(17)3/h5,7-10H,6,11H2,1-4H3,(H,27,30)(H,24,25,26,28). The van der Waals surface area contributed by atoms with Gasteiger partial charge in [-0.05, 0) is 50.1 Å². The molecule has 3 aromatic rings. The lowest BCUT2D eigenvalue weighted by Gasteiger charge is -2.19. The first kappa shape index (κ1) is 19.8. The fourth-order valence-corrected chi connectivity index (χ4v) is 3.55. The Morgan fingerprint density at radius 3 is 2.63 bits per heavy atom. The second-order valence-electron chi connectivity index (χ2n) is 7.49. The zero-order valence-electron chi connectivity index (χ0n) is 17.4. The van der Waals surface area contributed by atoms with Crippen LogP contribution in [-0.4, -0.2) is 46.0 Å². The molecule has 0 bridgehead atoms. The van der Waals surface area contributed by atoms with Crippen LogP contribution in [0, 0.1) is 19.7 Å². The highest BCUT2D eigenvalue weighted by atomic mass is 19.1. The lowest BCUT2D eigenvalue weighted by atomic mass is 9.97. The Kier molecular flexibility index (Phi) is 5.07. The van der Waals surface area contributed by atoms with Crippen LogP contribution in [0.5, 0.6) is 0 Å². The van der Waals surface area contributed by atoms with Gasteiger partial charge in [0.25, 0.3) is 0 Å². The van der Waals surface area contributed by atoms with E-state index in [9.17, 15) is 9.18 Å². The van der Waals surface area contributed by atoms with E-state index in [1.807, 2.05) is 32.9 Å². The quantitative estimate of drug-likeness (QED) is 0.634. The van der Waals surface area contributed by atoms with Gasteiger partial charge in [-0.3, -0.25) is 0 Å².